The highest BCUT2D eigenvalue weighted by Crippen LogP contribution is 1.84. The molecule has 1 aliphatic rings. The first-order chi connectivity index (χ1) is 3.71. The van der Waals surface area contributed by atoms with E-state index in [4.69, 9.17) is 0 Å². The van der Waals surface area contributed by atoms with Gasteiger partial charge in [-0.15, -0.1) is 0 Å². The Balaban J connectivity index is 2.58. The summed E-state index contributed by atoms with van der Waals surface area (Å²) in [7, 11) is -3.11. The van der Waals surface area contributed by atoms with Crippen LogP contribution in [0.1, 0.15) is 0 Å². The smallest absolute Gasteiger partial charge is 0.202 e. The third kappa shape index (κ3) is 1.43. The fraction of sp³-hybridized carbons (Fsp3) is 0.667. The van der Waals surface area contributed by atoms with Crippen LogP contribution >= 0.6 is 0 Å². The lowest BCUT2D eigenvalue weighted by Gasteiger charge is -2.11. The maximum absolute atomic E-state index is 10.4. The van der Waals surface area contributed by atoms with Crippen LogP contribution in [-0.2, 0) is 10.2 Å². The molecule has 4 nitrogen and oxygen atoms in total. The van der Waals surface area contributed by atoms with Crippen LogP contribution in [-0.4, -0.2) is 21.5 Å². The molecule has 0 atom stereocenters. The highest BCUT2D eigenvalue weighted by atomic mass is 32.2. The molecule has 1 fully saturated rings. The fourth-order valence-electron chi connectivity index (χ4n) is 0.460. The Kier molecular flexibility index (Phi) is 1.50. The molecule has 0 aromatic rings. The van der Waals surface area contributed by atoms with E-state index in [0.29, 0.717) is 13.1 Å². The summed E-state index contributed by atoms with van der Waals surface area (Å²) in [4.78, 5) is 0. The molecule has 1 saturated heterocycles. The zero-order chi connectivity index (χ0) is 6.04. The van der Waals surface area contributed by atoms with Crippen LogP contribution in [0.15, 0.2) is 0 Å². The molecular weight excluding hydrogens is 128 g/mol. The second-order valence-electron chi connectivity index (χ2n) is 1.49. The third-order valence-corrected chi connectivity index (χ3v) is 1.93. The summed E-state index contributed by atoms with van der Waals surface area (Å²) in [5.41, 5.74) is 0. The molecule has 0 saturated carbocycles. The lowest BCUT2D eigenvalue weighted by atomic mass is 10.4. The average molecular weight is 135 g/mol. The van der Waals surface area contributed by atoms with Crippen molar-refractivity contribution in [1.82, 2.24) is 9.44 Å². The zero-order valence-corrected chi connectivity index (χ0v) is 5.03. The predicted octanol–water partition coefficient (Wildman–Crippen LogP) is -1.37. The molecule has 2 N–H and O–H groups in total. The van der Waals surface area contributed by atoms with Crippen molar-refractivity contribution in [2.24, 2.45) is 0 Å². The molecule has 8 heavy (non-hydrogen) atoms. The lowest BCUT2D eigenvalue weighted by molar-refractivity contribution is 0.563. The van der Waals surface area contributed by atoms with Gasteiger partial charge >= 0.3 is 0 Å². The van der Waals surface area contributed by atoms with Gasteiger partial charge in [0.1, 0.15) is 0 Å². The Hall–Kier alpha value is -0.130. The van der Waals surface area contributed by atoms with Crippen LogP contribution in [0.2, 0.25) is 0 Å². The highest BCUT2D eigenvalue weighted by molar-refractivity contribution is 7.87. The molecule has 1 heterocycles. The van der Waals surface area contributed by atoms with Crippen molar-refractivity contribution in [3.05, 3.63) is 6.42 Å². The minimum atomic E-state index is -3.11. The lowest BCUT2D eigenvalue weighted by Crippen LogP contribution is -2.43. The second kappa shape index (κ2) is 2.00. The minimum Gasteiger partial charge on any atom is -0.202 e. The van der Waals surface area contributed by atoms with Gasteiger partial charge in [0.15, 0.2) is 0 Å². The summed E-state index contributed by atoms with van der Waals surface area (Å²) in [6.07, 6.45) is 1.81. The molecule has 0 bridgehead atoms. The molecule has 0 amide bonds. The van der Waals surface area contributed by atoms with E-state index in [-0.39, 0.29) is 0 Å². The third-order valence-electron chi connectivity index (χ3n) is 0.835. The van der Waals surface area contributed by atoms with Gasteiger partial charge in [0, 0.05) is 13.1 Å². The zero-order valence-electron chi connectivity index (χ0n) is 4.22. The Morgan fingerprint density at radius 1 is 1.25 bits per heavy atom. The van der Waals surface area contributed by atoms with Gasteiger partial charge in [-0.05, 0) is 6.42 Å². The van der Waals surface area contributed by atoms with E-state index in [2.05, 4.69) is 9.44 Å². The largest absolute Gasteiger partial charge is 0.276 e. The van der Waals surface area contributed by atoms with E-state index in [9.17, 15) is 8.42 Å². The molecule has 0 unspecified atom stereocenters. The highest BCUT2D eigenvalue weighted by Gasteiger charge is 2.11. The van der Waals surface area contributed by atoms with Crippen molar-refractivity contribution in [2.45, 2.75) is 0 Å². The molecule has 1 radical (unpaired) electrons. The van der Waals surface area contributed by atoms with E-state index in [1.807, 2.05) is 0 Å². The first kappa shape index (κ1) is 6.00. The van der Waals surface area contributed by atoms with Crippen molar-refractivity contribution < 1.29 is 8.42 Å². The summed E-state index contributed by atoms with van der Waals surface area (Å²) in [6, 6.07) is 0. The maximum atomic E-state index is 10.4. The van der Waals surface area contributed by atoms with Crippen molar-refractivity contribution in [2.75, 3.05) is 13.1 Å². The Bertz CT molecular complexity index is 150. The molecule has 0 spiro atoms. The molecule has 0 aromatic heterocycles. The quantitative estimate of drug-likeness (QED) is 0.430. The standard InChI is InChI=1S/C3H7N2O2S/c6-8(7)4-2-1-3-5-8/h1,4-5H,2-3H2. The monoisotopic (exact) mass is 135 g/mol. The number of nitrogens with one attached hydrogen (secondary N) is 2. The number of rotatable bonds is 0. The molecule has 1 rings (SSSR count). The maximum Gasteiger partial charge on any atom is 0.276 e. The second-order valence-corrected chi connectivity index (χ2v) is 3.07. The summed E-state index contributed by atoms with van der Waals surface area (Å²) in [5.74, 6) is 0. The molecule has 1 aliphatic heterocycles. The van der Waals surface area contributed by atoms with E-state index >= 15 is 0 Å². The Labute approximate surface area is 48.5 Å². The topological polar surface area (TPSA) is 58.2 Å². The van der Waals surface area contributed by atoms with Crippen molar-refractivity contribution in [3.8, 4) is 0 Å². The number of hydrogen-bond acceptors (Lipinski definition) is 2. The first-order valence-electron chi connectivity index (χ1n) is 2.27. The van der Waals surface area contributed by atoms with Gasteiger partial charge in [-0.25, -0.2) is 9.44 Å². The van der Waals surface area contributed by atoms with E-state index in [1.165, 1.54) is 0 Å². The van der Waals surface area contributed by atoms with Crippen LogP contribution < -0.4 is 9.44 Å². The Morgan fingerprint density at radius 3 is 2.00 bits per heavy atom. The van der Waals surface area contributed by atoms with Crippen molar-refractivity contribution in [1.29, 1.82) is 0 Å². The van der Waals surface area contributed by atoms with E-state index in [1.54, 1.807) is 6.42 Å². The first-order valence-corrected chi connectivity index (χ1v) is 3.75. The van der Waals surface area contributed by atoms with Crippen LogP contribution in [0.3, 0.4) is 0 Å². The van der Waals surface area contributed by atoms with E-state index in [0.717, 1.165) is 0 Å². The normalized spacial score (nSPS) is 27.5. The summed E-state index contributed by atoms with van der Waals surface area (Å²) >= 11 is 0. The van der Waals surface area contributed by atoms with Crippen LogP contribution in [0, 0.1) is 6.42 Å². The summed E-state index contributed by atoms with van der Waals surface area (Å²) < 4.78 is 25.3. The summed E-state index contributed by atoms with van der Waals surface area (Å²) in [6.45, 7) is 0.880. The number of hydrogen-bond donors (Lipinski definition) is 2. The minimum absolute atomic E-state index is 0.440. The molecule has 5 heteroatoms. The van der Waals surface area contributed by atoms with Gasteiger partial charge in [-0.3, -0.25) is 0 Å². The van der Waals surface area contributed by atoms with Gasteiger partial charge in [-0.1, -0.05) is 0 Å². The SMILES string of the molecule is O=S1(=O)NC[CH]CN1. The van der Waals surface area contributed by atoms with Gasteiger partial charge in [0.05, 0.1) is 0 Å². The van der Waals surface area contributed by atoms with Gasteiger partial charge in [-0.2, -0.15) is 8.42 Å². The Morgan fingerprint density at radius 2 is 1.75 bits per heavy atom. The molecule has 0 aromatic carbocycles. The predicted molar refractivity (Wildman–Crippen MR) is 29.2 cm³/mol. The molecular formula is C3H7N2O2S. The van der Waals surface area contributed by atoms with E-state index < -0.39 is 10.2 Å². The van der Waals surface area contributed by atoms with Crippen molar-refractivity contribution in [3.63, 3.8) is 0 Å². The summed E-state index contributed by atoms with van der Waals surface area (Å²) in [5, 5.41) is 0. The molecule has 47 valence electrons. The van der Waals surface area contributed by atoms with Crippen molar-refractivity contribution >= 4 is 10.2 Å². The van der Waals surface area contributed by atoms with Gasteiger partial charge in [0.25, 0.3) is 10.2 Å². The van der Waals surface area contributed by atoms with Gasteiger partial charge in [0.2, 0.25) is 0 Å². The average Bonchev–Trinajstić information content (AvgIpc) is 1.65. The van der Waals surface area contributed by atoms with Crippen LogP contribution in [0.5, 0.6) is 0 Å². The van der Waals surface area contributed by atoms with Gasteiger partial charge < -0.3 is 0 Å². The fourth-order valence-corrected chi connectivity index (χ4v) is 1.24. The molecule has 0 aliphatic carbocycles. The van der Waals surface area contributed by atoms with Crippen LogP contribution in [0.4, 0.5) is 0 Å². The van der Waals surface area contributed by atoms with Crippen LogP contribution in [0.25, 0.3) is 0 Å².